The number of terminal acetylenes is 1. The van der Waals surface area contributed by atoms with Crippen molar-refractivity contribution in [1.29, 1.82) is 0 Å². The lowest BCUT2D eigenvalue weighted by atomic mass is 9.83. The maximum absolute atomic E-state index is 10.9. The predicted octanol–water partition coefficient (Wildman–Crippen LogP) is 2.81. The minimum atomic E-state index is -0.617. The van der Waals surface area contributed by atoms with E-state index in [-0.39, 0.29) is 10.6 Å². The molecule has 1 aromatic rings. The molecule has 1 aromatic carbocycles. The molecule has 0 aliphatic rings. The highest BCUT2D eigenvalue weighted by Gasteiger charge is 2.28. The minimum Gasteiger partial charge on any atom is -0.258 e. The monoisotopic (exact) mass is 203 g/mol. The molecule has 1 rings (SSSR count). The summed E-state index contributed by atoms with van der Waals surface area (Å²) in [5, 5.41) is 10.9. The van der Waals surface area contributed by atoms with Crippen LogP contribution in [0.25, 0.3) is 0 Å². The summed E-state index contributed by atoms with van der Waals surface area (Å²) >= 11 is 0. The number of nitrogens with zero attached hydrogens (tertiary/aromatic N) is 1. The van der Waals surface area contributed by atoms with Crippen molar-refractivity contribution in [3.8, 4) is 12.3 Å². The predicted molar refractivity (Wildman–Crippen MR) is 59.7 cm³/mol. The number of nitro groups is 1. The Kier molecular flexibility index (Phi) is 2.81. The van der Waals surface area contributed by atoms with Crippen LogP contribution in [-0.4, -0.2) is 4.92 Å². The van der Waals surface area contributed by atoms with E-state index >= 15 is 0 Å². The molecule has 78 valence electrons. The Bertz CT molecular complexity index is 441. The van der Waals surface area contributed by atoms with E-state index < -0.39 is 5.41 Å². The molecule has 0 bridgehead atoms. The normalized spacial score (nSPS) is 10.8. The molecule has 3 nitrogen and oxygen atoms in total. The summed E-state index contributed by atoms with van der Waals surface area (Å²) in [6.07, 6.45) is 5.38. The van der Waals surface area contributed by atoms with Crippen LogP contribution < -0.4 is 0 Å². The van der Waals surface area contributed by atoms with E-state index in [1.54, 1.807) is 39.0 Å². The van der Waals surface area contributed by atoms with Gasteiger partial charge >= 0.3 is 0 Å². The third-order valence-electron chi connectivity index (χ3n) is 2.45. The summed E-state index contributed by atoms with van der Waals surface area (Å²) in [6, 6.07) is 5.22. The van der Waals surface area contributed by atoms with Crippen LogP contribution in [0.5, 0.6) is 0 Å². The second-order valence-corrected chi connectivity index (χ2v) is 4.00. The molecular weight excluding hydrogens is 190 g/mol. The van der Waals surface area contributed by atoms with Crippen LogP contribution in [0.2, 0.25) is 0 Å². The average molecular weight is 203 g/mol. The molecule has 3 heteroatoms. The molecule has 0 fully saturated rings. The fourth-order valence-corrected chi connectivity index (χ4v) is 1.48. The third kappa shape index (κ3) is 1.99. The van der Waals surface area contributed by atoms with Gasteiger partial charge in [0.1, 0.15) is 0 Å². The van der Waals surface area contributed by atoms with Gasteiger partial charge in [-0.15, -0.1) is 6.42 Å². The van der Waals surface area contributed by atoms with E-state index in [0.717, 1.165) is 0 Å². The Balaban J connectivity index is 3.51. The molecule has 0 spiro atoms. The maximum atomic E-state index is 10.9. The van der Waals surface area contributed by atoms with Crippen LogP contribution in [-0.2, 0) is 5.41 Å². The Morgan fingerprint density at radius 2 is 2.07 bits per heavy atom. The second kappa shape index (κ2) is 3.74. The van der Waals surface area contributed by atoms with Gasteiger partial charge in [-0.1, -0.05) is 24.1 Å². The fourth-order valence-electron chi connectivity index (χ4n) is 1.48. The number of aryl methyl sites for hydroxylation is 1. The van der Waals surface area contributed by atoms with Gasteiger partial charge in [-0.25, -0.2) is 0 Å². The number of benzene rings is 1. The average Bonchev–Trinajstić information content (AvgIpc) is 2.16. The zero-order valence-corrected chi connectivity index (χ0v) is 9.07. The molecule has 0 unspecified atom stereocenters. The zero-order chi connectivity index (χ0) is 11.6. The van der Waals surface area contributed by atoms with E-state index in [2.05, 4.69) is 5.92 Å². The first-order valence-electron chi connectivity index (χ1n) is 4.62. The van der Waals surface area contributed by atoms with Crippen molar-refractivity contribution in [2.24, 2.45) is 0 Å². The smallest absolute Gasteiger partial charge is 0.258 e. The molecule has 0 aromatic heterocycles. The lowest BCUT2D eigenvalue weighted by molar-refractivity contribution is -0.386. The van der Waals surface area contributed by atoms with Crippen molar-refractivity contribution in [2.75, 3.05) is 0 Å². The maximum Gasteiger partial charge on any atom is 0.276 e. The number of nitro benzene ring substituents is 1. The standard InChI is InChI=1S/C12H13NO2/c1-5-12(3,4)10-8-6-7-9(2)11(10)13(14)15/h1,6-8H,2-4H3. The molecule has 15 heavy (non-hydrogen) atoms. The van der Waals surface area contributed by atoms with Crippen LogP contribution in [0.1, 0.15) is 25.0 Å². The summed E-state index contributed by atoms with van der Waals surface area (Å²) in [5.74, 6) is 2.58. The van der Waals surface area contributed by atoms with E-state index in [1.807, 2.05) is 0 Å². The molecule has 0 saturated heterocycles. The van der Waals surface area contributed by atoms with Crippen molar-refractivity contribution in [1.82, 2.24) is 0 Å². The SMILES string of the molecule is C#CC(C)(C)c1cccc(C)c1[N+](=O)[O-]. The van der Waals surface area contributed by atoms with Crippen molar-refractivity contribution in [3.63, 3.8) is 0 Å². The molecule has 0 N–H and O–H groups in total. The molecule has 0 aliphatic carbocycles. The van der Waals surface area contributed by atoms with Gasteiger partial charge < -0.3 is 0 Å². The van der Waals surface area contributed by atoms with Gasteiger partial charge in [-0.05, 0) is 20.8 Å². The largest absolute Gasteiger partial charge is 0.276 e. The lowest BCUT2D eigenvalue weighted by Crippen LogP contribution is -2.16. The molecule has 0 radical (unpaired) electrons. The summed E-state index contributed by atoms with van der Waals surface area (Å²) in [4.78, 5) is 10.6. The number of para-hydroxylation sites is 1. The Morgan fingerprint density at radius 1 is 1.47 bits per heavy atom. The van der Waals surface area contributed by atoms with Gasteiger partial charge in [-0.3, -0.25) is 10.1 Å². The van der Waals surface area contributed by atoms with Crippen LogP contribution >= 0.6 is 0 Å². The molecule has 0 atom stereocenters. The Labute approximate surface area is 89.3 Å². The van der Waals surface area contributed by atoms with Gasteiger partial charge in [0, 0.05) is 11.1 Å². The lowest BCUT2D eigenvalue weighted by Gasteiger charge is -2.18. The summed E-state index contributed by atoms with van der Waals surface area (Å²) in [7, 11) is 0. The number of hydrogen-bond acceptors (Lipinski definition) is 2. The molecule has 0 saturated carbocycles. The molecule has 0 amide bonds. The van der Waals surface area contributed by atoms with E-state index in [4.69, 9.17) is 6.42 Å². The fraction of sp³-hybridized carbons (Fsp3) is 0.333. The summed E-state index contributed by atoms with van der Waals surface area (Å²) < 4.78 is 0. The van der Waals surface area contributed by atoms with Gasteiger partial charge in [0.25, 0.3) is 5.69 Å². The van der Waals surface area contributed by atoms with E-state index in [1.165, 1.54) is 0 Å². The summed E-state index contributed by atoms with van der Waals surface area (Å²) in [5.41, 5.74) is 0.741. The van der Waals surface area contributed by atoms with Gasteiger partial charge in [0.15, 0.2) is 0 Å². The third-order valence-corrected chi connectivity index (χ3v) is 2.45. The second-order valence-electron chi connectivity index (χ2n) is 4.00. The van der Waals surface area contributed by atoms with Gasteiger partial charge in [0.05, 0.1) is 10.3 Å². The zero-order valence-electron chi connectivity index (χ0n) is 9.07. The first-order chi connectivity index (χ1) is 6.90. The summed E-state index contributed by atoms with van der Waals surface area (Å²) in [6.45, 7) is 5.32. The van der Waals surface area contributed by atoms with Crippen LogP contribution in [0.15, 0.2) is 18.2 Å². The van der Waals surface area contributed by atoms with Crippen LogP contribution in [0.4, 0.5) is 5.69 Å². The topological polar surface area (TPSA) is 43.1 Å². The molecule has 0 aliphatic heterocycles. The van der Waals surface area contributed by atoms with Gasteiger partial charge in [-0.2, -0.15) is 0 Å². The van der Waals surface area contributed by atoms with Crippen molar-refractivity contribution in [3.05, 3.63) is 39.4 Å². The first-order valence-corrected chi connectivity index (χ1v) is 4.62. The molecular formula is C12H13NO2. The quantitative estimate of drug-likeness (QED) is 0.421. The van der Waals surface area contributed by atoms with Crippen molar-refractivity contribution in [2.45, 2.75) is 26.2 Å². The first kappa shape index (κ1) is 11.3. The van der Waals surface area contributed by atoms with Crippen LogP contribution in [0, 0.1) is 29.4 Å². The Hall–Kier alpha value is -1.82. The van der Waals surface area contributed by atoms with Gasteiger partial charge in [0.2, 0.25) is 0 Å². The van der Waals surface area contributed by atoms with Crippen molar-refractivity contribution < 1.29 is 4.92 Å². The highest BCUT2D eigenvalue weighted by Crippen LogP contribution is 2.33. The molecule has 0 heterocycles. The highest BCUT2D eigenvalue weighted by molar-refractivity contribution is 5.53. The number of hydrogen-bond donors (Lipinski definition) is 0. The van der Waals surface area contributed by atoms with E-state index in [9.17, 15) is 10.1 Å². The highest BCUT2D eigenvalue weighted by atomic mass is 16.6. The van der Waals surface area contributed by atoms with E-state index in [0.29, 0.717) is 11.1 Å². The Morgan fingerprint density at radius 3 is 2.53 bits per heavy atom. The van der Waals surface area contributed by atoms with Crippen LogP contribution in [0.3, 0.4) is 0 Å². The minimum absolute atomic E-state index is 0.125. The number of rotatable bonds is 2. The van der Waals surface area contributed by atoms with Crippen molar-refractivity contribution >= 4 is 5.69 Å².